The Balaban J connectivity index is 2.33. The molecule has 0 amide bonds. The van der Waals surface area contributed by atoms with Crippen LogP contribution in [0.5, 0.6) is 0 Å². The molecule has 2 aromatic rings. The first-order valence-corrected chi connectivity index (χ1v) is 5.18. The van der Waals surface area contributed by atoms with Crippen LogP contribution in [0.2, 0.25) is 0 Å². The number of nitrogens with zero attached hydrogens (tertiary/aromatic N) is 1. The van der Waals surface area contributed by atoms with E-state index in [2.05, 4.69) is 17.1 Å². The monoisotopic (exact) mass is 196 g/mol. The minimum atomic E-state index is 0.840. The Bertz CT molecular complexity index is 518. The van der Waals surface area contributed by atoms with Crippen LogP contribution in [0, 0.1) is 0 Å². The molecule has 2 nitrogen and oxygen atoms in total. The van der Waals surface area contributed by atoms with Gasteiger partial charge in [-0.3, -0.25) is 4.98 Å². The highest BCUT2D eigenvalue weighted by molar-refractivity contribution is 5.80. The topological polar surface area (TPSA) is 38.9 Å². The van der Waals surface area contributed by atoms with Gasteiger partial charge in [0.2, 0.25) is 0 Å². The van der Waals surface area contributed by atoms with E-state index in [-0.39, 0.29) is 0 Å². The van der Waals surface area contributed by atoms with Crippen molar-refractivity contribution in [3.8, 4) is 11.3 Å². The third-order valence-electron chi connectivity index (χ3n) is 2.97. The van der Waals surface area contributed by atoms with Gasteiger partial charge in [0.1, 0.15) is 0 Å². The molecule has 0 bridgehead atoms. The normalized spacial score (nSPS) is 13.1. The quantitative estimate of drug-likeness (QED) is 0.657. The number of aromatic nitrogens is 1. The molecule has 1 heterocycles. The first kappa shape index (κ1) is 8.48. The van der Waals surface area contributed by atoms with Crippen molar-refractivity contribution in [3.05, 3.63) is 47.7 Å². The zero-order valence-corrected chi connectivity index (χ0v) is 8.40. The van der Waals surface area contributed by atoms with E-state index in [1.165, 1.54) is 11.1 Å². The Morgan fingerprint density at radius 2 is 1.80 bits per heavy atom. The number of pyridine rings is 1. The minimum Gasteiger partial charge on any atom is -0.398 e. The number of benzene rings is 1. The Kier molecular flexibility index (Phi) is 1.75. The molecule has 0 saturated carbocycles. The summed E-state index contributed by atoms with van der Waals surface area (Å²) >= 11 is 0. The van der Waals surface area contributed by atoms with Crippen molar-refractivity contribution in [1.82, 2.24) is 4.98 Å². The van der Waals surface area contributed by atoms with Crippen molar-refractivity contribution >= 4 is 5.69 Å². The molecule has 1 aromatic heterocycles. The van der Waals surface area contributed by atoms with E-state index in [1.807, 2.05) is 24.4 Å². The van der Waals surface area contributed by atoms with Crippen LogP contribution in [0.1, 0.15) is 11.1 Å². The maximum atomic E-state index is 6.02. The fourth-order valence-corrected chi connectivity index (χ4v) is 2.25. The molecule has 0 unspecified atom stereocenters. The number of hydrogen-bond acceptors (Lipinski definition) is 2. The van der Waals surface area contributed by atoms with Crippen LogP contribution in [0.25, 0.3) is 11.3 Å². The Hall–Kier alpha value is -1.83. The highest BCUT2D eigenvalue weighted by Gasteiger charge is 2.18. The summed E-state index contributed by atoms with van der Waals surface area (Å²) in [4.78, 5) is 4.44. The lowest BCUT2D eigenvalue weighted by Crippen LogP contribution is -2.07. The molecule has 2 N–H and O–H groups in total. The number of fused-ring (bicyclic) bond motifs is 3. The van der Waals surface area contributed by atoms with Crippen LogP contribution in [0.4, 0.5) is 5.69 Å². The van der Waals surface area contributed by atoms with Crippen LogP contribution < -0.4 is 5.73 Å². The maximum Gasteiger partial charge on any atom is 0.0757 e. The maximum absolute atomic E-state index is 6.02. The zero-order chi connectivity index (χ0) is 10.3. The lowest BCUT2D eigenvalue weighted by Gasteiger charge is -2.19. The number of nitrogen functional groups attached to an aromatic ring is 1. The van der Waals surface area contributed by atoms with Crippen LogP contribution in [-0.2, 0) is 12.8 Å². The summed E-state index contributed by atoms with van der Waals surface area (Å²) in [6, 6.07) is 10.2. The molecule has 15 heavy (non-hydrogen) atoms. The van der Waals surface area contributed by atoms with E-state index in [9.17, 15) is 0 Å². The van der Waals surface area contributed by atoms with Gasteiger partial charge in [-0.1, -0.05) is 18.2 Å². The molecular formula is C13H12N2. The first-order valence-electron chi connectivity index (χ1n) is 5.18. The second-order valence-electron chi connectivity index (χ2n) is 3.89. The van der Waals surface area contributed by atoms with E-state index >= 15 is 0 Å². The zero-order valence-electron chi connectivity index (χ0n) is 8.40. The van der Waals surface area contributed by atoms with Gasteiger partial charge in [0.15, 0.2) is 0 Å². The average Bonchev–Trinajstić information content (AvgIpc) is 2.29. The number of hydrogen-bond donors (Lipinski definition) is 1. The number of rotatable bonds is 0. The number of nitrogens with two attached hydrogens (primary N) is 1. The summed E-state index contributed by atoms with van der Waals surface area (Å²) in [5.74, 6) is 0. The summed E-state index contributed by atoms with van der Waals surface area (Å²) < 4.78 is 0. The third kappa shape index (κ3) is 1.22. The first-order chi connectivity index (χ1) is 7.36. The molecule has 0 radical (unpaired) electrons. The Morgan fingerprint density at radius 1 is 1.00 bits per heavy atom. The summed E-state index contributed by atoms with van der Waals surface area (Å²) in [5.41, 5.74) is 11.7. The van der Waals surface area contributed by atoms with Gasteiger partial charge in [0.05, 0.1) is 5.69 Å². The van der Waals surface area contributed by atoms with E-state index < -0.39 is 0 Å². The van der Waals surface area contributed by atoms with Crippen molar-refractivity contribution < 1.29 is 0 Å². The second-order valence-corrected chi connectivity index (χ2v) is 3.89. The van der Waals surface area contributed by atoms with Gasteiger partial charge in [0, 0.05) is 17.4 Å². The highest BCUT2D eigenvalue weighted by atomic mass is 14.7. The van der Waals surface area contributed by atoms with E-state index in [1.54, 1.807) is 0 Å². The molecule has 0 atom stereocenters. The summed E-state index contributed by atoms with van der Waals surface area (Å²) in [6.07, 6.45) is 3.97. The SMILES string of the molecule is Nc1cccc2c1-c1ncccc1CC2. The van der Waals surface area contributed by atoms with Gasteiger partial charge in [0.25, 0.3) is 0 Å². The van der Waals surface area contributed by atoms with Gasteiger partial charge < -0.3 is 5.73 Å². The number of aryl methyl sites for hydroxylation is 2. The van der Waals surface area contributed by atoms with Crippen molar-refractivity contribution in [3.63, 3.8) is 0 Å². The van der Waals surface area contributed by atoms with Gasteiger partial charge in [-0.15, -0.1) is 0 Å². The van der Waals surface area contributed by atoms with Gasteiger partial charge in [-0.25, -0.2) is 0 Å². The standard InChI is InChI=1S/C13H12N2/c14-11-5-1-3-9-6-7-10-4-2-8-15-13(10)12(9)11/h1-5,8H,6-7,14H2. The van der Waals surface area contributed by atoms with Crippen molar-refractivity contribution in [2.75, 3.05) is 5.73 Å². The fraction of sp³-hybridized carbons (Fsp3) is 0.154. The molecular weight excluding hydrogens is 184 g/mol. The fourth-order valence-electron chi connectivity index (χ4n) is 2.25. The van der Waals surface area contributed by atoms with Crippen LogP contribution in [0.15, 0.2) is 36.5 Å². The van der Waals surface area contributed by atoms with E-state index in [4.69, 9.17) is 5.73 Å². The molecule has 1 aliphatic rings. The highest BCUT2D eigenvalue weighted by Crippen LogP contribution is 2.35. The molecule has 0 saturated heterocycles. The molecule has 2 heteroatoms. The minimum absolute atomic E-state index is 0.840. The van der Waals surface area contributed by atoms with Crippen LogP contribution in [0.3, 0.4) is 0 Å². The molecule has 1 aliphatic carbocycles. The van der Waals surface area contributed by atoms with E-state index in [0.717, 1.165) is 29.8 Å². The molecule has 0 aliphatic heterocycles. The molecule has 3 rings (SSSR count). The summed E-state index contributed by atoms with van der Waals surface area (Å²) in [5, 5.41) is 0. The summed E-state index contributed by atoms with van der Waals surface area (Å²) in [6.45, 7) is 0. The van der Waals surface area contributed by atoms with Crippen molar-refractivity contribution in [2.45, 2.75) is 12.8 Å². The number of anilines is 1. The third-order valence-corrected chi connectivity index (χ3v) is 2.97. The average molecular weight is 196 g/mol. The van der Waals surface area contributed by atoms with Gasteiger partial charge in [-0.05, 0) is 36.1 Å². The molecule has 74 valence electrons. The Morgan fingerprint density at radius 3 is 2.73 bits per heavy atom. The lowest BCUT2D eigenvalue weighted by atomic mass is 9.88. The second kappa shape index (κ2) is 3.09. The molecule has 0 spiro atoms. The van der Waals surface area contributed by atoms with Crippen LogP contribution >= 0.6 is 0 Å². The van der Waals surface area contributed by atoms with Gasteiger partial charge in [-0.2, -0.15) is 0 Å². The van der Waals surface area contributed by atoms with Crippen molar-refractivity contribution in [1.29, 1.82) is 0 Å². The Labute approximate surface area is 88.8 Å². The van der Waals surface area contributed by atoms with Gasteiger partial charge >= 0.3 is 0 Å². The predicted octanol–water partition coefficient (Wildman–Crippen LogP) is 2.43. The smallest absolute Gasteiger partial charge is 0.0757 e. The molecule has 0 fully saturated rings. The van der Waals surface area contributed by atoms with Crippen molar-refractivity contribution in [2.24, 2.45) is 0 Å². The molecule has 1 aromatic carbocycles. The van der Waals surface area contributed by atoms with E-state index in [0.29, 0.717) is 0 Å². The summed E-state index contributed by atoms with van der Waals surface area (Å²) in [7, 11) is 0. The predicted molar refractivity (Wildman–Crippen MR) is 61.5 cm³/mol. The van der Waals surface area contributed by atoms with Crippen LogP contribution in [-0.4, -0.2) is 4.98 Å². The largest absolute Gasteiger partial charge is 0.398 e. The lowest BCUT2D eigenvalue weighted by molar-refractivity contribution is 0.928.